The Morgan fingerprint density at radius 2 is 1.75 bits per heavy atom. The summed E-state index contributed by atoms with van der Waals surface area (Å²) in [7, 11) is 1.80. The Morgan fingerprint density at radius 3 is 2.50 bits per heavy atom. The van der Waals surface area contributed by atoms with Gasteiger partial charge in [0.05, 0.1) is 28.7 Å². The molecule has 1 amide bonds. The molecule has 0 aliphatic heterocycles. The molecule has 0 aliphatic carbocycles. The van der Waals surface area contributed by atoms with Crippen molar-refractivity contribution in [1.29, 1.82) is 0 Å². The number of hydrogen-bond acceptors (Lipinski definition) is 3. The fraction of sp³-hybridized carbons (Fsp3) is 0.190. The SMILES string of the molecule is Cc1c(NC(=O)C(C)n2cnc3ccccc32)c(=O)n(-c2ccccc2)n1C. The zero-order chi connectivity index (χ0) is 19.8. The van der Waals surface area contributed by atoms with Crippen molar-refractivity contribution in [3.63, 3.8) is 0 Å². The molecule has 1 N–H and O–H groups in total. The van der Waals surface area contributed by atoms with Crippen LogP contribution in [0, 0.1) is 6.92 Å². The zero-order valence-corrected chi connectivity index (χ0v) is 16.0. The molecule has 0 saturated heterocycles. The lowest BCUT2D eigenvalue weighted by Gasteiger charge is -2.14. The van der Waals surface area contributed by atoms with Gasteiger partial charge in [-0.3, -0.25) is 14.3 Å². The third-order valence-corrected chi connectivity index (χ3v) is 5.08. The maximum atomic E-state index is 13.0. The number of anilines is 1. The van der Waals surface area contributed by atoms with Gasteiger partial charge in [0.2, 0.25) is 5.91 Å². The quantitative estimate of drug-likeness (QED) is 0.596. The number of nitrogens with zero attached hydrogens (tertiary/aromatic N) is 4. The van der Waals surface area contributed by atoms with E-state index >= 15 is 0 Å². The summed E-state index contributed by atoms with van der Waals surface area (Å²) in [5.41, 5.74) is 3.15. The summed E-state index contributed by atoms with van der Waals surface area (Å²) >= 11 is 0. The largest absolute Gasteiger partial charge is 0.318 e. The van der Waals surface area contributed by atoms with Crippen molar-refractivity contribution in [1.82, 2.24) is 18.9 Å². The first-order valence-corrected chi connectivity index (χ1v) is 9.05. The van der Waals surface area contributed by atoms with Gasteiger partial charge in [-0.15, -0.1) is 0 Å². The third kappa shape index (κ3) is 2.81. The average Bonchev–Trinajstić information content (AvgIpc) is 3.23. The molecule has 2 aromatic carbocycles. The number of fused-ring (bicyclic) bond motifs is 1. The maximum Gasteiger partial charge on any atom is 0.295 e. The molecule has 28 heavy (non-hydrogen) atoms. The zero-order valence-electron chi connectivity index (χ0n) is 16.0. The van der Waals surface area contributed by atoms with Crippen molar-refractivity contribution in [3.05, 3.63) is 77.0 Å². The number of nitrogens with one attached hydrogen (secondary N) is 1. The van der Waals surface area contributed by atoms with Gasteiger partial charge < -0.3 is 9.88 Å². The minimum absolute atomic E-state index is 0.262. The number of carbonyl (C=O) groups excluding carboxylic acids is 1. The summed E-state index contributed by atoms with van der Waals surface area (Å²) < 4.78 is 5.09. The van der Waals surface area contributed by atoms with Crippen LogP contribution in [0.4, 0.5) is 5.69 Å². The second-order valence-electron chi connectivity index (χ2n) is 6.74. The normalized spacial score (nSPS) is 12.2. The summed E-state index contributed by atoms with van der Waals surface area (Å²) in [6, 6.07) is 16.5. The molecule has 7 heteroatoms. The Kier molecular flexibility index (Phi) is 4.35. The van der Waals surface area contributed by atoms with Crippen molar-refractivity contribution >= 4 is 22.6 Å². The molecule has 2 heterocycles. The van der Waals surface area contributed by atoms with E-state index in [1.54, 1.807) is 34.2 Å². The summed E-state index contributed by atoms with van der Waals surface area (Å²) in [6.07, 6.45) is 1.65. The molecule has 4 rings (SSSR count). The monoisotopic (exact) mass is 375 g/mol. The second kappa shape index (κ2) is 6.84. The van der Waals surface area contributed by atoms with Crippen LogP contribution in [0.15, 0.2) is 65.7 Å². The van der Waals surface area contributed by atoms with Crippen LogP contribution in [0.1, 0.15) is 18.7 Å². The molecule has 4 aromatic rings. The van der Waals surface area contributed by atoms with Crippen LogP contribution in [-0.4, -0.2) is 24.8 Å². The molecule has 2 aromatic heterocycles. The van der Waals surface area contributed by atoms with Crippen LogP contribution in [-0.2, 0) is 11.8 Å². The van der Waals surface area contributed by atoms with Crippen molar-refractivity contribution in [2.45, 2.75) is 19.9 Å². The minimum atomic E-state index is -0.517. The number of hydrogen-bond donors (Lipinski definition) is 1. The van der Waals surface area contributed by atoms with E-state index in [0.717, 1.165) is 16.7 Å². The van der Waals surface area contributed by atoms with Crippen molar-refractivity contribution < 1.29 is 4.79 Å². The van der Waals surface area contributed by atoms with Crippen LogP contribution in [0.2, 0.25) is 0 Å². The van der Waals surface area contributed by atoms with E-state index in [2.05, 4.69) is 10.3 Å². The lowest BCUT2D eigenvalue weighted by atomic mass is 10.2. The van der Waals surface area contributed by atoms with Crippen LogP contribution in [0.25, 0.3) is 16.7 Å². The Hall–Kier alpha value is -3.61. The van der Waals surface area contributed by atoms with Gasteiger partial charge in [-0.25, -0.2) is 9.67 Å². The Balaban J connectivity index is 1.68. The minimum Gasteiger partial charge on any atom is -0.318 e. The van der Waals surface area contributed by atoms with Gasteiger partial charge >= 0.3 is 0 Å². The molecular weight excluding hydrogens is 354 g/mol. The van der Waals surface area contributed by atoms with E-state index in [0.29, 0.717) is 5.69 Å². The average molecular weight is 375 g/mol. The Bertz CT molecular complexity index is 1220. The molecule has 0 saturated carbocycles. The highest BCUT2D eigenvalue weighted by molar-refractivity contribution is 5.95. The van der Waals surface area contributed by atoms with Crippen LogP contribution >= 0.6 is 0 Å². The predicted molar refractivity (Wildman–Crippen MR) is 109 cm³/mol. The molecular formula is C21H21N5O2. The van der Waals surface area contributed by atoms with E-state index in [4.69, 9.17) is 0 Å². The standard InChI is InChI=1S/C21H21N5O2/c1-14-19(21(28)26(24(14)3)16-9-5-4-6-10-16)23-20(27)15(2)25-13-22-17-11-7-8-12-18(17)25/h4-13,15H,1-3H3,(H,23,27). The molecule has 0 bridgehead atoms. The number of aromatic nitrogens is 4. The van der Waals surface area contributed by atoms with Crippen LogP contribution < -0.4 is 10.9 Å². The van der Waals surface area contributed by atoms with Gasteiger partial charge in [-0.05, 0) is 38.1 Å². The van der Waals surface area contributed by atoms with Crippen molar-refractivity contribution in [3.8, 4) is 5.69 Å². The lowest BCUT2D eigenvalue weighted by Crippen LogP contribution is -2.27. The van der Waals surface area contributed by atoms with Gasteiger partial charge in [-0.1, -0.05) is 30.3 Å². The number of rotatable bonds is 4. The molecule has 0 radical (unpaired) electrons. The molecule has 0 spiro atoms. The fourth-order valence-corrected chi connectivity index (χ4v) is 3.35. The van der Waals surface area contributed by atoms with E-state index in [-0.39, 0.29) is 17.2 Å². The molecule has 1 unspecified atom stereocenters. The Labute approximate surface area is 161 Å². The molecule has 142 valence electrons. The number of benzene rings is 2. The summed E-state index contributed by atoms with van der Waals surface area (Å²) in [5, 5.41) is 2.82. The van der Waals surface area contributed by atoms with Crippen molar-refractivity contribution in [2.75, 3.05) is 5.32 Å². The molecule has 7 nitrogen and oxygen atoms in total. The number of carbonyl (C=O) groups is 1. The lowest BCUT2D eigenvalue weighted by molar-refractivity contribution is -0.118. The smallest absolute Gasteiger partial charge is 0.295 e. The topological polar surface area (TPSA) is 73.8 Å². The number of amides is 1. The van der Waals surface area contributed by atoms with E-state index < -0.39 is 6.04 Å². The first kappa shape index (κ1) is 17.8. The van der Waals surface area contributed by atoms with E-state index in [1.165, 1.54) is 0 Å². The Morgan fingerprint density at radius 1 is 1.07 bits per heavy atom. The summed E-state index contributed by atoms with van der Waals surface area (Å²) in [5.74, 6) is -0.269. The first-order chi connectivity index (χ1) is 13.5. The number of imidazole rings is 1. The maximum absolute atomic E-state index is 13.0. The highest BCUT2D eigenvalue weighted by Gasteiger charge is 2.22. The summed E-state index contributed by atoms with van der Waals surface area (Å²) in [4.78, 5) is 30.2. The number of para-hydroxylation sites is 3. The third-order valence-electron chi connectivity index (χ3n) is 5.08. The van der Waals surface area contributed by atoms with Crippen LogP contribution in [0.5, 0.6) is 0 Å². The van der Waals surface area contributed by atoms with E-state index in [9.17, 15) is 9.59 Å². The van der Waals surface area contributed by atoms with E-state index in [1.807, 2.05) is 61.5 Å². The predicted octanol–water partition coefficient (Wildman–Crippen LogP) is 3.03. The first-order valence-electron chi connectivity index (χ1n) is 9.05. The highest BCUT2D eigenvalue weighted by Crippen LogP contribution is 2.20. The van der Waals surface area contributed by atoms with Gasteiger partial charge in [0.25, 0.3) is 5.56 Å². The van der Waals surface area contributed by atoms with Crippen molar-refractivity contribution in [2.24, 2.45) is 7.05 Å². The van der Waals surface area contributed by atoms with Gasteiger partial charge in [-0.2, -0.15) is 0 Å². The van der Waals surface area contributed by atoms with Gasteiger partial charge in [0.1, 0.15) is 11.7 Å². The molecule has 0 fully saturated rings. The molecule has 1 atom stereocenters. The summed E-state index contributed by atoms with van der Waals surface area (Å²) in [6.45, 7) is 3.60. The van der Waals surface area contributed by atoms with Gasteiger partial charge in [0.15, 0.2) is 0 Å². The van der Waals surface area contributed by atoms with Crippen LogP contribution in [0.3, 0.4) is 0 Å². The van der Waals surface area contributed by atoms with Gasteiger partial charge in [0, 0.05) is 7.05 Å². The highest BCUT2D eigenvalue weighted by atomic mass is 16.2. The second-order valence-corrected chi connectivity index (χ2v) is 6.74. The molecule has 0 aliphatic rings. The fourth-order valence-electron chi connectivity index (χ4n) is 3.35.